The van der Waals surface area contributed by atoms with Crippen LogP contribution in [0.5, 0.6) is 5.75 Å². The topological polar surface area (TPSA) is 41.9 Å². The average Bonchev–Trinajstić information content (AvgIpc) is 2.68. The minimum atomic E-state index is 0.351. The number of hydrogen-bond acceptors (Lipinski definition) is 4. The largest absolute Gasteiger partial charge is 0.496 e. The Labute approximate surface area is 173 Å². The summed E-state index contributed by atoms with van der Waals surface area (Å²) in [5.74, 6) is 1.73. The summed E-state index contributed by atoms with van der Waals surface area (Å²) in [6.45, 7) is 1.96. The molecule has 0 aromatic heterocycles. The lowest BCUT2D eigenvalue weighted by Gasteiger charge is -2.29. The molecule has 3 rings (SSSR count). The van der Waals surface area contributed by atoms with E-state index in [2.05, 4.69) is 22.0 Å². The molecule has 0 aliphatic carbocycles. The van der Waals surface area contributed by atoms with Crippen LogP contribution in [0.15, 0.2) is 45.9 Å². The van der Waals surface area contributed by atoms with Crippen LogP contribution in [0.4, 0.5) is 0 Å². The highest BCUT2D eigenvalue weighted by atomic mass is 79.9. The second-order valence-corrected chi connectivity index (χ2v) is 7.72. The third kappa shape index (κ3) is 4.71. The van der Waals surface area contributed by atoms with Crippen molar-refractivity contribution < 1.29 is 9.53 Å². The lowest BCUT2D eigenvalue weighted by Crippen LogP contribution is -2.38. The number of rotatable bonds is 7. The number of carbonyl (C=O) groups is 1. The first-order valence-electron chi connectivity index (χ1n) is 8.97. The minimum absolute atomic E-state index is 0.351. The van der Waals surface area contributed by atoms with Crippen LogP contribution in [0.3, 0.4) is 0 Å². The van der Waals surface area contributed by atoms with Gasteiger partial charge in [0.1, 0.15) is 17.9 Å². The quantitative estimate of drug-likeness (QED) is 0.583. The Hall–Kier alpha value is -1.85. The zero-order valence-corrected chi connectivity index (χ0v) is 17.6. The number of nitrogens with zero attached hydrogens (tertiary/aromatic N) is 2. The number of halogens is 2. The van der Waals surface area contributed by atoms with Crippen molar-refractivity contribution in [1.29, 1.82) is 0 Å². The van der Waals surface area contributed by atoms with Gasteiger partial charge in [0.2, 0.25) is 0 Å². The van der Waals surface area contributed by atoms with Gasteiger partial charge >= 0.3 is 0 Å². The predicted molar refractivity (Wildman–Crippen MR) is 113 cm³/mol. The van der Waals surface area contributed by atoms with Gasteiger partial charge in [0.05, 0.1) is 13.7 Å². The first kappa shape index (κ1) is 19.9. The van der Waals surface area contributed by atoms with Crippen molar-refractivity contribution in [2.45, 2.75) is 19.3 Å². The summed E-state index contributed by atoms with van der Waals surface area (Å²) in [5.41, 5.74) is 3.18. The highest BCUT2D eigenvalue weighted by Crippen LogP contribution is 2.28. The van der Waals surface area contributed by atoms with E-state index in [9.17, 15) is 4.79 Å². The molecule has 6 heteroatoms. The van der Waals surface area contributed by atoms with Crippen molar-refractivity contribution in [2.75, 3.05) is 26.7 Å². The number of ether oxygens (including phenoxy) is 1. The number of aliphatic imine (C=N–C) groups is 1. The van der Waals surface area contributed by atoms with E-state index in [4.69, 9.17) is 21.3 Å². The predicted octanol–water partition coefficient (Wildman–Crippen LogP) is 4.55. The smallest absolute Gasteiger partial charge is 0.139 e. The monoisotopic (exact) mass is 448 g/mol. The van der Waals surface area contributed by atoms with Gasteiger partial charge in [-0.05, 0) is 54.7 Å². The molecule has 0 atom stereocenters. The summed E-state index contributed by atoms with van der Waals surface area (Å²) in [6, 6.07) is 11.9. The summed E-state index contributed by atoms with van der Waals surface area (Å²) in [5, 5.41) is 0.723. The molecule has 2 aromatic carbocycles. The third-order valence-corrected chi connectivity index (χ3v) is 5.54. The summed E-state index contributed by atoms with van der Waals surface area (Å²) in [4.78, 5) is 17.8. The van der Waals surface area contributed by atoms with Crippen LogP contribution in [0, 0.1) is 0 Å². The lowest BCUT2D eigenvalue weighted by molar-refractivity contribution is -0.108. The van der Waals surface area contributed by atoms with Crippen LogP contribution in [-0.4, -0.2) is 43.8 Å². The average molecular weight is 450 g/mol. The SMILES string of the molecule is COc1ccc(Br)cc1CCc1c(Cl)cccc1C1=NCCCN1CC=O. The van der Waals surface area contributed by atoms with Crippen molar-refractivity contribution in [3.05, 3.63) is 62.6 Å². The fourth-order valence-electron chi connectivity index (χ4n) is 3.40. The molecule has 0 unspecified atom stereocenters. The van der Waals surface area contributed by atoms with Gasteiger partial charge in [-0.1, -0.05) is 39.7 Å². The van der Waals surface area contributed by atoms with Crippen LogP contribution in [0.25, 0.3) is 0 Å². The molecule has 1 heterocycles. The lowest BCUT2D eigenvalue weighted by atomic mass is 9.97. The molecule has 4 nitrogen and oxygen atoms in total. The molecule has 2 aromatic rings. The van der Waals surface area contributed by atoms with Crippen LogP contribution in [0.1, 0.15) is 23.1 Å². The van der Waals surface area contributed by atoms with Crippen molar-refractivity contribution in [2.24, 2.45) is 4.99 Å². The summed E-state index contributed by atoms with van der Waals surface area (Å²) >= 11 is 10.1. The van der Waals surface area contributed by atoms with Crippen LogP contribution in [-0.2, 0) is 17.6 Å². The molecule has 0 saturated heterocycles. The molecule has 0 N–H and O–H groups in total. The number of amidine groups is 1. The highest BCUT2D eigenvalue weighted by molar-refractivity contribution is 9.10. The second kappa shape index (κ2) is 9.38. The van der Waals surface area contributed by atoms with E-state index < -0.39 is 0 Å². The zero-order valence-electron chi connectivity index (χ0n) is 15.3. The number of benzene rings is 2. The standard InChI is InChI=1S/C21H22BrClN2O2/c1-27-20-9-7-16(22)14-15(20)6-8-17-18(4-2-5-19(17)23)21-24-10-3-11-25(21)12-13-26/h2,4-5,7,9,13-14H,3,6,8,10-12H2,1H3. The maximum absolute atomic E-state index is 11.1. The normalized spacial score (nSPS) is 14.0. The maximum Gasteiger partial charge on any atom is 0.139 e. The van der Waals surface area contributed by atoms with E-state index in [1.807, 2.05) is 35.2 Å². The fourth-order valence-corrected chi connectivity index (χ4v) is 4.08. The fraction of sp³-hybridized carbons (Fsp3) is 0.333. The molecule has 142 valence electrons. The van der Waals surface area contributed by atoms with E-state index >= 15 is 0 Å². The zero-order chi connectivity index (χ0) is 19.2. The molecule has 0 amide bonds. The van der Waals surface area contributed by atoms with Gasteiger partial charge in [0.25, 0.3) is 0 Å². The van der Waals surface area contributed by atoms with E-state index in [1.54, 1.807) is 7.11 Å². The summed E-state index contributed by atoms with van der Waals surface area (Å²) in [7, 11) is 1.68. The molecule has 0 spiro atoms. The van der Waals surface area contributed by atoms with Crippen LogP contribution in [0.2, 0.25) is 5.02 Å². The molecular weight excluding hydrogens is 428 g/mol. The van der Waals surface area contributed by atoms with Gasteiger partial charge in [0, 0.05) is 28.1 Å². The minimum Gasteiger partial charge on any atom is -0.496 e. The molecule has 1 aliphatic heterocycles. The molecule has 0 bridgehead atoms. The molecule has 0 saturated carbocycles. The summed E-state index contributed by atoms with van der Waals surface area (Å²) in [6.07, 6.45) is 3.44. The number of hydrogen-bond donors (Lipinski definition) is 0. The van der Waals surface area contributed by atoms with E-state index in [1.165, 1.54) is 0 Å². The van der Waals surface area contributed by atoms with Crippen molar-refractivity contribution in [3.8, 4) is 5.75 Å². The number of methoxy groups -OCH3 is 1. The number of aldehydes is 1. The Balaban J connectivity index is 1.92. The van der Waals surface area contributed by atoms with Crippen molar-refractivity contribution in [3.63, 3.8) is 0 Å². The molecular formula is C21H22BrClN2O2. The molecule has 1 aliphatic rings. The van der Waals surface area contributed by atoms with E-state index in [0.29, 0.717) is 6.54 Å². The maximum atomic E-state index is 11.1. The molecule has 0 fully saturated rings. The third-order valence-electron chi connectivity index (χ3n) is 4.69. The number of aryl methyl sites for hydroxylation is 1. The van der Waals surface area contributed by atoms with Crippen molar-refractivity contribution in [1.82, 2.24) is 4.90 Å². The van der Waals surface area contributed by atoms with Gasteiger partial charge in [-0.15, -0.1) is 0 Å². The van der Waals surface area contributed by atoms with Gasteiger partial charge in [0.15, 0.2) is 0 Å². The Morgan fingerprint density at radius 1 is 1.30 bits per heavy atom. The first-order valence-corrected chi connectivity index (χ1v) is 10.1. The molecule has 0 radical (unpaired) electrons. The Kier molecular flexibility index (Phi) is 6.91. The van der Waals surface area contributed by atoms with E-state index in [0.717, 1.165) is 76.4 Å². The van der Waals surface area contributed by atoms with Gasteiger partial charge < -0.3 is 14.4 Å². The van der Waals surface area contributed by atoms with Crippen molar-refractivity contribution >= 4 is 39.7 Å². The van der Waals surface area contributed by atoms with Gasteiger partial charge in [-0.25, -0.2) is 0 Å². The Bertz CT molecular complexity index is 854. The Morgan fingerprint density at radius 2 is 2.15 bits per heavy atom. The van der Waals surface area contributed by atoms with Gasteiger partial charge in [-0.2, -0.15) is 0 Å². The Morgan fingerprint density at radius 3 is 2.93 bits per heavy atom. The number of carbonyl (C=O) groups excluding carboxylic acids is 1. The second-order valence-electron chi connectivity index (χ2n) is 6.39. The van der Waals surface area contributed by atoms with Crippen LogP contribution < -0.4 is 4.74 Å². The van der Waals surface area contributed by atoms with Crippen LogP contribution >= 0.6 is 27.5 Å². The molecule has 27 heavy (non-hydrogen) atoms. The van der Waals surface area contributed by atoms with Gasteiger partial charge in [-0.3, -0.25) is 4.99 Å². The van der Waals surface area contributed by atoms with E-state index in [-0.39, 0.29) is 0 Å². The highest BCUT2D eigenvalue weighted by Gasteiger charge is 2.20. The first-order chi connectivity index (χ1) is 13.1. The summed E-state index contributed by atoms with van der Waals surface area (Å²) < 4.78 is 6.51.